The molecule has 14 heteroatoms. The van der Waals surface area contributed by atoms with E-state index in [9.17, 15) is 14.7 Å². The third-order valence-corrected chi connectivity index (χ3v) is 7.77. The minimum atomic E-state index is -1.19. The Labute approximate surface area is 282 Å². The van der Waals surface area contributed by atoms with Gasteiger partial charge in [0.05, 0.1) is 36.0 Å². The molecule has 0 bridgehead atoms. The van der Waals surface area contributed by atoms with Crippen LogP contribution in [0.25, 0.3) is 0 Å². The molecule has 238 valence electrons. The standard InChI is InChI=1S/C31H31Br2ClN4O7/c1-4-43-25-12-19(28-27(30(40)42-3)17(2)36-31(41)37-28)7-10-24(25)44-16-26(39)38-35-14-20-11-22(34)13-23(33)29(20)45-15-18-5-8-21(32)9-6-18/h5-14,26,28,38-39H,4,15-16H2,1-3H3,(H2,36,37,41)/b35-14+/t26-,28+/m0/s1. The molecule has 3 aromatic rings. The third-order valence-electron chi connectivity index (χ3n) is 6.43. The summed E-state index contributed by atoms with van der Waals surface area (Å²) in [5.41, 5.74) is 5.41. The number of ether oxygens (including phenoxy) is 4. The Balaban J connectivity index is 1.42. The second-order valence-corrected chi connectivity index (χ2v) is 11.8. The van der Waals surface area contributed by atoms with E-state index in [4.69, 9.17) is 30.5 Å². The SMILES string of the molecule is CCOc1cc([C@H]2NC(=O)NC(C)=C2C(=O)OC)ccc1OC[C@H](O)N/N=C/c1cc(Cl)cc(Br)c1OCc1ccc(Br)cc1. The predicted octanol–water partition coefficient (Wildman–Crippen LogP) is 5.96. The van der Waals surface area contributed by atoms with Crippen molar-refractivity contribution in [2.24, 2.45) is 5.10 Å². The summed E-state index contributed by atoms with van der Waals surface area (Å²) in [6, 6.07) is 15.0. The lowest BCUT2D eigenvalue weighted by molar-refractivity contribution is -0.136. The molecule has 0 saturated heterocycles. The molecule has 1 aliphatic heterocycles. The van der Waals surface area contributed by atoms with E-state index in [-0.39, 0.29) is 12.2 Å². The first kappa shape index (κ1) is 34.1. The molecule has 0 aromatic heterocycles. The van der Waals surface area contributed by atoms with Crippen LogP contribution in [0.3, 0.4) is 0 Å². The van der Waals surface area contributed by atoms with E-state index in [1.807, 2.05) is 31.2 Å². The molecule has 3 aromatic carbocycles. The van der Waals surface area contributed by atoms with Crippen LogP contribution in [0.5, 0.6) is 17.2 Å². The number of methoxy groups -OCH3 is 1. The Bertz CT molecular complexity index is 1600. The number of carbonyl (C=O) groups excluding carboxylic acids is 2. The maximum absolute atomic E-state index is 12.5. The Morgan fingerprint density at radius 1 is 1.11 bits per heavy atom. The molecule has 4 N–H and O–H groups in total. The Morgan fingerprint density at radius 3 is 2.58 bits per heavy atom. The van der Waals surface area contributed by atoms with Gasteiger partial charge in [0.2, 0.25) is 0 Å². The maximum atomic E-state index is 12.5. The number of aliphatic hydroxyl groups excluding tert-OH is 1. The van der Waals surface area contributed by atoms with Crippen molar-refractivity contribution in [3.63, 3.8) is 0 Å². The first-order chi connectivity index (χ1) is 21.6. The second kappa shape index (κ2) is 16.0. The van der Waals surface area contributed by atoms with Gasteiger partial charge in [0.15, 0.2) is 17.7 Å². The second-order valence-electron chi connectivity index (χ2n) is 9.64. The van der Waals surface area contributed by atoms with Gasteiger partial charge in [0, 0.05) is 20.8 Å². The van der Waals surface area contributed by atoms with Gasteiger partial charge in [-0.05, 0) is 77.3 Å². The normalized spacial score (nSPS) is 15.3. The molecule has 0 unspecified atom stereocenters. The van der Waals surface area contributed by atoms with Crippen molar-refractivity contribution in [3.8, 4) is 17.2 Å². The molecule has 11 nitrogen and oxygen atoms in total. The fraction of sp³-hybridized carbons (Fsp3) is 0.258. The number of hydrogen-bond acceptors (Lipinski definition) is 9. The number of nitrogens with zero attached hydrogens (tertiary/aromatic N) is 1. The highest BCUT2D eigenvalue weighted by molar-refractivity contribution is 9.10. The molecule has 2 amide bonds. The summed E-state index contributed by atoms with van der Waals surface area (Å²) in [5, 5.41) is 20.5. The van der Waals surface area contributed by atoms with Gasteiger partial charge in [0.1, 0.15) is 19.0 Å². The van der Waals surface area contributed by atoms with Crippen LogP contribution >= 0.6 is 43.5 Å². The van der Waals surface area contributed by atoms with Gasteiger partial charge in [0.25, 0.3) is 0 Å². The zero-order chi connectivity index (χ0) is 32.5. The monoisotopic (exact) mass is 764 g/mol. The molecule has 0 fully saturated rings. The number of hydrogen-bond donors (Lipinski definition) is 4. The van der Waals surface area contributed by atoms with Crippen LogP contribution < -0.4 is 30.3 Å². The van der Waals surface area contributed by atoms with E-state index in [1.54, 1.807) is 37.3 Å². The summed E-state index contributed by atoms with van der Waals surface area (Å²) in [4.78, 5) is 24.6. The van der Waals surface area contributed by atoms with Gasteiger partial charge in [-0.15, -0.1) is 0 Å². The molecule has 2 atom stereocenters. The molecule has 1 aliphatic rings. The van der Waals surface area contributed by atoms with Crippen molar-refractivity contribution in [2.45, 2.75) is 32.7 Å². The van der Waals surface area contributed by atoms with Crippen molar-refractivity contribution in [2.75, 3.05) is 20.3 Å². The highest BCUT2D eigenvalue weighted by Gasteiger charge is 2.32. The summed E-state index contributed by atoms with van der Waals surface area (Å²) >= 11 is 13.2. The van der Waals surface area contributed by atoms with Gasteiger partial charge >= 0.3 is 12.0 Å². The number of benzene rings is 3. The van der Waals surface area contributed by atoms with Crippen LogP contribution in [-0.2, 0) is 16.1 Å². The topological polar surface area (TPSA) is 140 Å². The van der Waals surface area contributed by atoms with Crippen molar-refractivity contribution >= 4 is 61.7 Å². The smallest absolute Gasteiger partial charge is 0.337 e. The first-order valence-corrected chi connectivity index (χ1v) is 15.6. The van der Waals surface area contributed by atoms with Crippen LogP contribution in [-0.4, -0.2) is 49.9 Å². The number of esters is 1. The number of halogens is 3. The number of urea groups is 1. The van der Waals surface area contributed by atoms with Crippen LogP contribution in [0.1, 0.15) is 36.6 Å². The lowest BCUT2D eigenvalue weighted by atomic mass is 9.95. The van der Waals surface area contributed by atoms with Crippen LogP contribution in [0.4, 0.5) is 4.79 Å². The number of amides is 2. The van der Waals surface area contributed by atoms with Gasteiger partial charge in [-0.2, -0.15) is 5.10 Å². The highest BCUT2D eigenvalue weighted by Crippen LogP contribution is 2.35. The molecule has 0 spiro atoms. The molecule has 0 saturated carbocycles. The van der Waals surface area contributed by atoms with E-state index in [0.29, 0.717) is 56.8 Å². The van der Waals surface area contributed by atoms with E-state index < -0.39 is 24.3 Å². The van der Waals surface area contributed by atoms with Crippen LogP contribution in [0.15, 0.2) is 79.9 Å². The molecule has 1 heterocycles. The Morgan fingerprint density at radius 2 is 1.87 bits per heavy atom. The minimum Gasteiger partial charge on any atom is -0.490 e. The van der Waals surface area contributed by atoms with Gasteiger partial charge in [-0.1, -0.05) is 45.7 Å². The largest absolute Gasteiger partial charge is 0.490 e. The molecular formula is C31H31Br2ClN4O7. The van der Waals surface area contributed by atoms with Crippen LogP contribution in [0.2, 0.25) is 5.02 Å². The van der Waals surface area contributed by atoms with Gasteiger partial charge in [-0.25, -0.2) is 9.59 Å². The zero-order valence-electron chi connectivity index (χ0n) is 24.5. The lowest BCUT2D eigenvalue weighted by Crippen LogP contribution is -2.45. The summed E-state index contributed by atoms with van der Waals surface area (Å²) in [5.74, 6) is 0.655. The van der Waals surface area contributed by atoms with E-state index in [1.165, 1.54) is 13.3 Å². The number of rotatable bonds is 13. The van der Waals surface area contributed by atoms with Crippen molar-refractivity contribution in [3.05, 3.63) is 96.5 Å². The van der Waals surface area contributed by atoms with E-state index in [0.717, 1.165) is 10.0 Å². The van der Waals surface area contributed by atoms with Gasteiger partial charge in [-0.3, -0.25) is 5.43 Å². The lowest BCUT2D eigenvalue weighted by Gasteiger charge is -2.28. The predicted molar refractivity (Wildman–Crippen MR) is 177 cm³/mol. The first-order valence-electron chi connectivity index (χ1n) is 13.7. The number of hydrazone groups is 1. The molecular weight excluding hydrogens is 736 g/mol. The minimum absolute atomic E-state index is 0.181. The van der Waals surface area contributed by atoms with Crippen molar-refractivity contribution in [1.29, 1.82) is 0 Å². The fourth-order valence-corrected chi connectivity index (χ4v) is 5.59. The quantitative estimate of drug-likeness (QED) is 0.0724. The third kappa shape index (κ3) is 9.13. The summed E-state index contributed by atoms with van der Waals surface area (Å²) in [6.07, 6.45) is 0.296. The average molecular weight is 767 g/mol. The molecule has 4 rings (SSSR count). The number of nitrogens with one attached hydrogen (secondary N) is 3. The van der Waals surface area contributed by atoms with Crippen LogP contribution in [0, 0.1) is 0 Å². The zero-order valence-corrected chi connectivity index (χ0v) is 28.5. The van der Waals surface area contributed by atoms with E-state index >= 15 is 0 Å². The highest BCUT2D eigenvalue weighted by atomic mass is 79.9. The molecule has 0 radical (unpaired) electrons. The van der Waals surface area contributed by atoms with Crippen molar-refractivity contribution in [1.82, 2.24) is 16.1 Å². The Kier molecular flexibility index (Phi) is 12.1. The van der Waals surface area contributed by atoms with Gasteiger partial charge < -0.3 is 34.7 Å². The summed E-state index contributed by atoms with van der Waals surface area (Å²) in [7, 11) is 1.27. The maximum Gasteiger partial charge on any atom is 0.337 e. The fourth-order valence-electron chi connectivity index (χ4n) is 4.38. The molecule has 45 heavy (non-hydrogen) atoms. The van der Waals surface area contributed by atoms with E-state index in [2.05, 4.69) is 53.0 Å². The Hall–Kier alpha value is -3.78. The van der Waals surface area contributed by atoms with Crippen molar-refractivity contribution < 1.29 is 33.6 Å². The average Bonchev–Trinajstić information content (AvgIpc) is 3.00. The summed E-state index contributed by atoms with van der Waals surface area (Å²) < 4.78 is 24.2. The molecule has 0 aliphatic carbocycles. The number of allylic oxidation sites excluding steroid dienone is 1. The summed E-state index contributed by atoms with van der Waals surface area (Å²) in [6.45, 7) is 3.90. The number of aliphatic hydroxyl groups is 1. The number of carbonyl (C=O) groups is 2.